The first kappa shape index (κ1) is 17.7. The molecule has 2 heterocycles. The van der Waals surface area contributed by atoms with Crippen LogP contribution in [0, 0.1) is 0 Å². The lowest BCUT2D eigenvalue weighted by atomic mass is 10.0. The average Bonchev–Trinajstić information content (AvgIpc) is 2.65. The van der Waals surface area contributed by atoms with E-state index in [0.717, 1.165) is 31.4 Å². The predicted molar refractivity (Wildman–Crippen MR) is 94.1 cm³/mol. The van der Waals surface area contributed by atoms with E-state index in [4.69, 9.17) is 4.42 Å². The van der Waals surface area contributed by atoms with Gasteiger partial charge in [-0.2, -0.15) is 0 Å². The van der Waals surface area contributed by atoms with Gasteiger partial charge in [0.25, 0.3) is 11.8 Å². The van der Waals surface area contributed by atoms with Crippen molar-refractivity contribution in [2.75, 3.05) is 13.1 Å². The highest BCUT2D eigenvalue weighted by Crippen LogP contribution is 2.20. The Morgan fingerprint density at radius 3 is 2.69 bits per heavy atom. The summed E-state index contributed by atoms with van der Waals surface area (Å²) in [4.78, 5) is 37.9. The second-order valence-electron chi connectivity index (χ2n) is 6.22. The number of benzene rings is 1. The lowest BCUT2D eigenvalue weighted by molar-refractivity contribution is 0.0566. The topological polar surface area (TPSA) is 99.9 Å². The molecular formula is C19H20N2O5. The summed E-state index contributed by atoms with van der Waals surface area (Å²) >= 11 is 0. The van der Waals surface area contributed by atoms with Gasteiger partial charge in [-0.25, -0.2) is 4.79 Å². The molecule has 0 spiro atoms. The molecule has 2 N–H and O–H groups in total. The van der Waals surface area contributed by atoms with Crippen LogP contribution in [-0.2, 0) is 0 Å². The maximum absolute atomic E-state index is 12.7. The Labute approximate surface area is 150 Å². The third kappa shape index (κ3) is 4.11. The largest absolute Gasteiger partial charge is 0.508 e. The second kappa shape index (κ2) is 7.86. The molecule has 1 atom stereocenters. The Morgan fingerprint density at radius 1 is 1.19 bits per heavy atom. The van der Waals surface area contributed by atoms with E-state index < -0.39 is 11.5 Å². The predicted octanol–water partition coefficient (Wildman–Crippen LogP) is 1.77. The first-order chi connectivity index (χ1) is 12.5. The van der Waals surface area contributed by atoms with E-state index in [0.29, 0.717) is 18.7 Å². The Kier molecular flexibility index (Phi) is 5.36. The molecule has 0 bridgehead atoms. The summed E-state index contributed by atoms with van der Waals surface area (Å²) in [6.45, 7) is 0.812. The first-order valence-corrected chi connectivity index (χ1v) is 8.53. The van der Waals surface area contributed by atoms with Gasteiger partial charge >= 0.3 is 5.63 Å². The van der Waals surface area contributed by atoms with Gasteiger partial charge in [-0.15, -0.1) is 0 Å². The minimum Gasteiger partial charge on any atom is -0.508 e. The monoisotopic (exact) mass is 356 g/mol. The summed E-state index contributed by atoms with van der Waals surface area (Å²) in [5, 5.41) is 12.4. The number of nitrogens with zero attached hydrogens (tertiary/aromatic N) is 1. The molecule has 1 aliphatic heterocycles. The van der Waals surface area contributed by atoms with E-state index in [2.05, 4.69) is 5.32 Å². The van der Waals surface area contributed by atoms with Crippen LogP contribution < -0.4 is 10.9 Å². The maximum atomic E-state index is 12.7. The van der Waals surface area contributed by atoms with Gasteiger partial charge in [0.1, 0.15) is 5.75 Å². The first-order valence-electron chi connectivity index (χ1n) is 8.53. The molecule has 1 unspecified atom stereocenters. The molecule has 1 saturated heterocycles. The molecule has 0 saturated carbocycles. The fraction of sp³-hybridized carbons (Fsp3) is 0.316. The lowest BCUT2D eigenvalue weighted by Crippen LogP contribution is -2.49. The van der Waals surface area contributed by atoms with Crippen molar-refractivity contribution in [1.29, 1.82) is 0 Å². The number of carbonyl (C=O) groups is 2. The molecule has 0 aliphatic carbocycles. The fourth-order valence-corrected chi connectivity index (χ4v) is 3.09. The van der Waals surface area contributed by atoms with Crippen molar-refractivity contribution < 1.29 is 19.1 Å². The molecular weight excluding hydrogens is 336 g/mol. The van der Waals surface area contributed by atoms with Crippen LogP contribution in [0.4, 0.5) is 0 Å². The molecule has 1 aliphatic rings. The Bertz CT molecular complexity index is 847. The average molecular weight is 356 g/mol. The highest BCUT2D eigenvalue weighted by molar-refractivity contribution is 5.94. The van der Waals surface area contributed by atoms with Gasteiger partial charge in [0.05, 0.1) is 6.07 Å². The quantitative estimate of drug-likeness (QED) is 0.870. The van der Waals surface area contributed by atoms with Gasteiger partial charge in [0.2, 0.25) is 0 Å². The van der Waals surface area contributed by atoms with E-state index >= 15 is 0 Å². The van der Waals surface area contributed by atoms with Crippen LogP contribution in [0.3, 0.4) is 0 Å². The molecule has 136 valence electrons. The number of aromatic hydroxyl groups is 1. The highest BCUT2D eigenvalue weighted by atomic mass is 16.4. The van der Waals surface area contributed by atoms with Crippen molar-refractivity contribution >= 4 is 11.8 Å². The van der Waals surface area contributed by atoms with Crippen molar-refractivity contribution in [3.63, 3.8) is 0 Å². The zero-order valence-electron chi connectivity index (χ0n) is 14.2. The van der Waals surface area contributed by atoms with E-state index in [1.165, 1.54) is 0 Å². The van der Waals surface area contributed by atoms with Gasteiger partial charge in [-0.05, 0) is 31.4 Å². The van der Waals surface area contributed by atoms with Crippen LogP contribution in [0.2, 0.25) is 0 Å². The second-order valence-corrected chi connectivity index (χ2v) is 6.22. The summed E-state index contributed by atoms with van der Waals surface area (Å²) in [6.07, 6.45) is 2.52. The standard InChI is InChI=1S/C19H20N2O5/c22-15-10-16(26-17(23)11-15)19(25)21-9-5-4-8-14(21)12-20-18(24)13-6-2-1-3-7-13/h1-3,6-7,10-11,14,22H,4-5,8-9,12H2,(H,20,24). The summed E-state index contributed by atoms with van der Waals surface area (Å²) < 4.78 is 4.92. The minimum absolute atomic E-state index is 0.198. The van der Waals surface area contributed by atoms with E-state index in [-0.39, 0.29) is 23.5 Å². The fourth-order valence-electron chi connectivity index (χ4n) is 3.09. The summed E-state index contributed by atoms with van der Waals surface area (Å²) in [6, 6.07) is 10.7. The van der Waals surface area contributed by atoms with Gasteiger partial charge in [-0.1, -0.05) is 18.2 Å². The number of amides is 2. The molecule has 26 heavy (non-hydrogen) atoms. The molecule has 0 radical (unpaired) electrons. The molecule has 2 amide bonds. The zero-order valence-corrected chi connectivity index (χ0v) is 14.2. The van der Waals surface area contributed by atoms with Crippen molar-refractivity contribution in [1.82, 2.24) is 10.2 Å². The van der Waals surface area contributed by atoms with Crippen LogP contribution in [0.25, 0.3) is 0 Å². The number of piperidine rings is 1. The van der Waals surface area contributed by atoms with Crippen molar-refractivity contribution in [2.45, 2.75) is 25.3 Å². The van der Waals surface area contributed by atoms with Crippen LogP contribution in [0.15, 0.2) is 51.7 Å². The summed E-state index contributed by atoms with van der Waals surface area (Å²) in [5.74, 6) is -1.17. The highest BCUT2D eigenvalue weighted by Gasteiger charge is 2.29. The normalized spacial score (nSPS) is 16.9. The van der Waals surface area contributed by atoms with Crippen LogP contribution >= 0.6 is 0 Å². The number of hydrogen-bond acceptors (Lipinski definition) is 5. The van der Waals surface area contributed by atoms with Gasteiger partial charge < -0.3 is 19.7 Å². The summed E-state index contributed by atoms with van der Waals surface area (Å²) in [7, 11) is 0. The van der Waals surface area contributed by atoms with Crippen molar-refractivity contribution in [2.24, 2.45) is 0 Å². The Morgan fingerprint density at radius 2 is 1.96 bits per heavy atom. The van der Waals surface area contributed by atoms with Crippen LogP contribution in [-0.4, -0.2) is 41.0 Å². The third-order valence-electron chi connectivity index (χ3n) is 4.39. The van der Waals surface area contributed by atoms with Gasteiger partial charge in [0.15, 0.2) is 5.76 Å². The Balaban J connectivity index is 1.70. The number of carbonyl (C=O) groups excluding carboxylic acids is 2. The van der Waals surface area contributed by atoms with Gasteiger partial charge in [-0.3, -0.25) is 9.59 Å². The minimum atomic E-state index is -0.778. The van der Waals surface area contributed by atoms with Crippen LogP contribution in [0.5, 0.6) is 5.75 Å². The molecule has 3 rings (SSSR count). The number of nitrogens with one attached hydrogen (secondary N) is 1. The lowest BCUT2D eigenvalue weighted by Gasteiger charge is -2.35. The van der Waals surface area contributed by atoms with E-state index in [1.807, 2.05) is 6.07 Å². The number of likely N-dealkylation sites (tertiary alicyclic amines) is 1. The third-order valence-corrected chi connectivity index (χ3v) is 4.39. The molecule has 1 aromatic carbocycles. The number of hydrogen-bond donors (Lipinski definition) is 2. The van der Waals surface area contributed by atoms with Gasteiger partial charge in [0, 0.05) is 30.8 Å². The van der Waals surface area contributed by atoms with Crippen LogP contribution in [0.1, 0.15) is 40.2 Å². The molecule has 1 fully saturated rings. The van der Waals surface area contributed by atoms with Crippen molar-refractivity contribution in [3.05, 3.63) is 64.2 Å². The Hall–Kier alpha value is -3.09. The SMILES string of the molecule is O=C(NCC1CCCCN1C(=O)c1cc(O)cc(=O)o1)c1ccccc1. The van der Waals surface area contributed by atoms with E-state index in [1.54, 1.807) is 29.2 Å². The van der Waals surface area contributed by atoms with Crippen molar-refractivity contribution in [3.8, 4) is 5.75 Å². The zero-order chi connectivity index (χ0) is 18.5. The number of rotatable bonds is 4. The molecule has 7 nitrogen and oxygen atoms in total. The molecule has 1 aromatic heterocycles. The molecule has 7 heteroatoms. The van der Waals surface area contributed by atoms with E-state index in [9.17, 15) is 19.5 Å². The smallest absolute Gasteiger partial charge is 0.340 e. The summed E-state index contributed by atoms with van der Waals surface area (Å²) in [5.41, 5.74) is -0.223. The molecule has 2 aromatic rings. The maximum Gasteiger partial charge on any atom is 0.340 e.